The standard InChI is InChI=1S/C27H28Cl2N2O/c28-25-10-6-21(7-11-25)18-24(19-22-8-12-26(29)13-9-22)27(32)31-16-14-30(15-17-31)20-23-4-2-1-3-5-23/h1-13,24H,14-20H2. The third kappa shape index (κ3) is 6.35. The quantitative estimate of drug-likeness (QED) is 0.443. The lowest BCUT2D eigenvalue weighted by molar-refractivity contribution is -0.137. The summed E-state index contributed by atoms with van der Waals surface area (Å²) >= 11 is 12.1. The molecule has 4 rings (SSSR count). The van der Waals surface area contributed by atoms with Crippen LogP contribution in [0.4, 0.5) is 0 Å². The van der Waals surface area contributed by atoms with Crippen molar-refractivity contribution in [3.05, 3.63) is 106 Å². The van der Waals surface area contributed by atoms with Crippen molar-refractivity contribution in [2.24, 2.45) is 5.92 Å². The summed E-state index contributed by atoms with van der Waals surface area (Å²) in [5, 5.41) is 1.42. The molecule has 3 aromatic rings. The minimum atomic E-state index is -0.113. The summed E-state index contributed by atoms with van der Waals surface area (Å²) in [5.74, 6) is 0.118. The zero-order valence-electron chi connectivity index (χ0n) is 18.1. The molecule has 1 saturated heterocycles. The Kier molecular flexibility index (Phi) is 7.85. The average Bonchev–Trinajstić information content (AvgIpc) is 2.82. The van der Waals surface area contributed by atoms with Crippen LogP contribution < -0.4 is 0 Å². The first-order chi connectivity index (χ1) is 15.6. The lowest BCUT2D eigenvalue weighted by Crippen LogP contribution is -2.50. The summed E-state index contributed by atoms with van der Waals surface area (Å²) < 4.78 is 0. The number of hydrogen-bond donors (Lipinski definition) is 0. The number of rotatable bonds is 7. The molecule has 1 aliphatic heterocycles. The fraction of sp³-hybridized carbons (Fsp3) is 0.296. The van der Waals surface area contributed by atoms with E-state index in [0.717, 1.165) is 43.9 Å². The molecule has 3 aromatic carbocycles. The topological polar surface area (TPSA) is 23.6 Å². The molecule has 1 fully saturated rings. The molecule has 3 nitrogen and oxygen atoms in total. The van der Waals surface area contributed by atoms with Gasteiger partial charge in [-0.3, -0.25) is 9.69 Å². The maximum atomic E-state index is 13.6. The molecule has 166 valence electrons. The Bertz CT molecular complexity index is 951. The van der Waals surface area contributed by atoms with Gasteiger partial charge >= 0.3 is 0 Å². The number of hydrogen-bond acceptors (Lipinski definition) is 2. The van der Waals surface area contributed by atoms with Crippen LogP contribution in [0, 0.1) is 5.92 Å². The summed E-state index contributed by atoms with van der Waals surface area (Å²) in [6, 6.07) is 26.1. The second-order valence-electron chi connectivity index (χ2n) is 8.45. The molecule has 0 radical (unpaired) electrons. The zero-order chi connectivity index (χ0) is 22.3. The van der Waals surface area contributed by atoms with Gasteiger partial charge in [-0.05, 0) is 53.8 Å². The number of halogens is 2. The molecule has 0 atom stereocenters. The molecule has 0 spiro atoms. The second-order valence-corrected chi connectivity index (χ2v) is 9.32. The monoisotopic (exact) mass is 466 g/mol. The number of nitrogens with zero attached hydrogens (tertiary/aromatic N) is 2. The number of piperazine rings is 1. The van der Waals surface area contributed by atoms with E-state index in [1.54, 1.807) is 0 Å². The first-order valence-corrected chi connectivity index (χ1v) is 11.9. The van der Waals surface area contributed by atoms with Gasteiger partial charge in [-0.2, -0.15) is 0 Å². The normalized spacial score (nSPS) is 14.7. The van der Waals surface area contributed by atoms with Crippen molar-refractivity contribution < 1.29 is 4.79 Å². The van der Waals surface area contributed by atoms with Gasteiger partial charge < -0.3 is 4.90 Å². The van der Waals surface area contributed by atoms with Crippen molar-refractivity contribution in [3.63, 3.8) is 0 Å². The van der Waals surface area contributed by atoms with Gasteiger partial charge in [0.2, 0.25) is 5.91 Å². The maximum Gasteiger partial charge on any atom is 0.226 e. The third-order valence-electron chi connectivity index (χ3n) is 6.07. The van der Waals surface area contributed by atoms with Crippen molar-refractivity contribution in [2.45, 2.75) is 19.4 Å². The minimum absolute atomic E-state index is 0.113. The first kappa shape index (κ1) is 22.8. The van der Waals surface area contributed by atoms with E-state index in [9.17, 15) is 4.79 Å². The highest BCUT2D eigenvalue weighted by molar-refractivity contribution is 6.30. The van der Waals surface area contributed by atoms with Gasteiger partial charge in [-0.15, -0.1) is 0 Å². The van der Waals surface area contributed by atoms with E-state index < -0.39 is 0 Å². The van der Waals surface area contributed by atoms with Gasteiger partial charge in [0.25, 0.3) is 0 Å². The van der Waals surface area contributed by atoms with E-state index in [4.69, 9.17) is 23.2 Å². The first-order valence-electron chi connectivity index (χ1n) is 11.1. The molecule has 0 unspecified atom stereocenters. The van der Waals surface area contributed by atoms with Crippen molar-refractivity contribution in [1.82, 2.24) is 9.80 Å². The van der Waals surface area contributed by atoms with Crippen molar-refractivity contribution in [1.29, 1.82) is 0 Å². The van der Waals surface area contributed by atoms with Gasteiger partial charge in [0.05, 0.1) is 0 Å². The lowest BCUT2D eigenvalue weighted by atomic mass is 9.91. The fourth-order valence-electron chi connectivity index (χ4n) is 4.28. The van der Waals surface area contributed by atoms with E-state index in [1.807, 2.05) is 59.5 Å². The largest absolute Gasteiger partial charge is 0.340 e. The van der Waals surface area contributed by atoms with Crippen LogP contribution >= 0.6 is 23.2 Å². The Labute approximate surface area is 200 Å². The zero-order valence-corrected chi connectivity index (χ0v) is 19.6. The van der Waals surface area contributed by atoms with Crippen molar-refractivity contribution in [3.8, 4) is 0 Å². The van der Waals surface area contributed by atoms with Crippen LogP contribution in [0.2, 0.25) is 10.0 Å². The summed E-state index contributed by atoms with van der Waals surface area (Å²) in [6.45, 7) is 4.26. The minimum Gasteiger partial charge on any atom is -0.340 e. The van der Waals surface area contributed by atoms with Crippen LogP contribution in [-0.2, 0) is 24.2 Å². The lowest BCUT2D eigenvalue weighted by Gasteiger charge is -2.36. The SMILES string of the molecule is O=C(C(Cc1ccc(Cl)cc1)Cc1ccc(Cl)cc1)N1CCN(Cc2ccccc2)CC1. The molecule has 1 heterocycles. The molecule has 0 N–H and O–H groups in total. The molecule has 0 aliphatic carbocycles. The van der Waals surface area contributed by atoms with Gasteiger partial charge in [0, 0.05) is 48.7 Å². The number of carbonyl (C=O) groups excluding carboxylic acids is 1. The van der Waals surface area contributed by atoms with Gasteiger partial charge in [0.15, 0.2) is 0 Å². The van der Waals surface area contributed by atoms with E-state index >= 15 is 0 Å². The molecule has 0 aromatic heterocycles. The van der Waals surface area contributed by atoms with Crippen LogP contribution in [0.5, 0.6) is 0 Å². The van der Waals surface area contributed by atoms with Crippen molar-refractivity contribution >= 4 is 29.1 Å². The fourth-order valence-corrected chi connectivity index (χ4v) is 4.53. The molecular formula is C27H28Cl2N2O. The van der Waals surface area contributed by atoms with Gasteiger partial charge in [0.1, 0.15) is 0 Å². The summed E-state index contributed by atoms with van der Waals surface area (Å²) in [6.07, 6.45) is 1.39. The highest BCUT2D eigenvalue weighted by Crippen LogP contribution is 2.21. The van der Waals surface area contributed by atoms with Crippen LogP contribution in [0.1, 0.15) is 16.7 Å². The maximum absolute atomic E-state index is 13.6. The van der Waals surface area contributed by atoms with Crippen LogP contribution in [-0.4, -0.2) is 41.9 Å². The predicted octanol–water partition coefficient (Wildman–Crippen LogP) is 5.74. The van der Waals surface area contributed by atoms with E-state index in [2.05, 4.69) is 29.2 Å². The van der Waals surface area contributed by atoms with Crippen LogP contribution in [0.25, 0.3) is 0 Å². The van der Waals surface area contributed by atoms with E-state index in [-0.39, 0.29) is 11.8 Å². The summed E-state index contributed by atoms with van der Waals surface area (Å²) in [4.78, 5) is 18.0. The molecule has 1 amide bonds. The number of amides is 1. The molecule has 0 bridgehead atoms. The molecule has 1 aliphatic rings. The Balaban J connectivity index is 1.42. The summed E-state index contributed by atoms with van der Waals surface area (Å²) in [5.41, 5.74) is 3.57. The molecule has 5 heteroatoms. The molecular weight excluding hydrogens is 439 g/mol. The number of benzene rings is 3. The predicted molar refractivity (Wildman–Crippen MR) is 132 cm³/mol. The molecule has 0 saturated carbocycles. The Morgan fingerprint density at radius 1 is 0.688 bits per heavy atom. The Morgan fingerprint density at radius 3 is 1.69 bits per heavy atom. The highest BCUT2D eigenvalue weighted by Gasteiger charge is 2.28. The van der Waals surface area contributed by atoms with Crippen LogP contribution in [0.15, 0.2) is 78.9 Å². The smallest absolute Gasteiger partial charge is 0.226 e. The van der Waals surface area contributed by atoms with Crippen LogP contribution in [0.3, 0.4) is 0 Å². The van der Waals surface area contributed by atoms with Gasteiger partial charge in [-0.1, -0.05) is 77.8 Å². The van der Waals surface area contributed by atoms with Crippen molar-refractivity contribution in [2.75, 3.05) is 26.2 Å². The van der Waals surface area contributed by atoms with E-state index in [1.165, 1.54) is 5.56 Å². The highest BCUT2D eigenvalue weighted by atomic mass is 35.5. The Hall–Kier alpha value is -2.33. The Morgan fingerprint density at radius 2 is 1.19 bits per heavy atom. The molecule has 32 heavy (non-hydrogen) atoms. The number of carbonyl (C=O) groups is 1. The van der Waals surface area contributed by atoms with E-state index in [0.29, 0.717) is 22.9 Å². The van der Waals surface area contributed by atoms with Gasteiger partial charge in [-0.25, -0.2) is 0 Å². The average molecular weight is 467 g/mol. The third-order valence-corrected chi connectivity index (χ3v) is 6.58. The summed E-state index contributed by atoms with van der Waals surface area (Å²) in [7, 11) is 0. The second kappa shape index (κ2) is 11.0.